The van der Waals surface area contributed by atoms with Crippen LogP contribution in [0.1, 0.15) is 69.9 Å². The van der Waals surface area contributed by atoms with Crippen LogP contribution in [0.15, 0.2) is 6.20 Å². The molecule has 1 atom stereocenters. The van der Waals surface area contributed by atoms with Gasteiger partial charge in [0.15, 0.2) is 0 Å². The molecular formula is C19H31N3O3. The lowest BCUT2D eigenvalue weighted by Crippen LogP contribution is -2.43. The Morgan fingerprint density at radius 1 is 1.28 bits per heavy atom. The van der Waals surface area contributed by atoms with E-state index in [-0.39, 0.29) is 12.1 Å². The Bertz CT molecular complexity index is 600. The highest BCUT2D eigenvalue weighted by molar-refractivity contribution is 5.68. The molecule has 0 aliphatic carbocycles. The molecule has 3 rings (SSSR count). The van der Waals surface area contributed by atoms with Crippen molar-refractivity contribution in [3.05, 3.63) is 17.7 Å². The van der Waals surface area contributed by atoms with E-state index in [9.17, 15) is 4.79 Å². The molecule has 1 amide bonds. The van der Waals surface area contributed by atoms with Gasteiger partial charge in [-0.25, -0.2) is 9.78 Å². The Balaban J connectivity index is 1.75. The molecule has 1 unspecified atom stereocenters. The summed E-state index contributed by atoms with van der Waals surface area (Å²) in [4.78, 5) is 19.0. The van der Waals surface area contributed by atoms with Gasteiger partial charge in [0.25, 0.3) is 0 Å². The summed E-state index contributed by atoms with van der Waals surface area (Å²) in [6.07, 6.45) is 5.89. The van der Waals surface area contributed by atoms with E-state index in [2.05, 4.69) is 11.5 Å². The molecule has 0 aromatic carbocycles. The first-order valence-corrected chi connectivity index (χ1v) is 9.44. The standard InChI is InChI=1S/C19H31N3O3/c1-14-12-20-17(15-7-10-24-11-8-15)22(14)16-6-5-9-21(13-16)18(23)25-19(2,3)4/h12,15-16H,5-11,13H2,1-4H3. The fourth-order valence-corrected chi connectivity index (χ4v) is 3.86. The zero-order chi connectivity index (χ0) is 18.0. The van der Waals surface area contributed by atoms with Crippen molar-refractivity contribution in [2.45, 2.75) is 70.9 Å². The average Bonchev–Trinajstić information content (AvgIpc) is 2.96. The van der Waals surface area contributed by atoms with Crippen molar-refractivity contribution < 1.29 is 14.3 Å². The van der Waals surface area contributed by atoms with E-state index in [1.165, 1.54) is 5.69 Å². The average molecular weight is 349 g/mol. The maximum Gasteiger partial charge on any atom is 0.410 e. The van der Waals surface area contributed by atoms with Crippen molar-refractivity contribution in [3.63, 3.8) is 0 Å². The predicted molar refractivity (Wildman–Crippen MR) is 95.8 cm³/mol. The van der Waals surface area contributed by atoms with E-state index < -0.39 is 5.60 Å². The molecule has 2 aliphatic rings. The Morgan fingerprint density at radius 2 is 2.00 bits per heavy atom. The maximum absolute atomic E-state index is 12.5. The van der Waals surface area contributed by atoms with Crippen molar-refractivity contribution in [2.75, 3.05) is 26.3 Å². The van der Waals surface area contributed by atoms with Crippen molar-refractivity contribution >= 4 is 6.09 Å². The number of amides is 1. The van der Waals surface area contributed by atoms with Crippen LogP contribution in [0.5, 0.6) is 0 Å². The molecule has 3 heterocycles. The smallest absolute Gasteiger partial charge is 0.410 e. The molecule has 2 aliphatic heterocycles. The van der Waals surface area contributed by atoms with Gasteiger partial charge in [0.1, 0.15) is 11.4 Å². The third-order valence-electron chi connectivity index (χ3n) is 5.01. The highest BCUT2D eigenvalue weighted by Crippen LogP contribution is 2.32. The minimum atomic E-state index is -0.456. The van der Waals surface area contributed by atoms with Crippen LogP contribution in [0.4, 0.5) is 4.79 Å². The zero-order valence-corrected chi connectivity index (χ0v) is 16.0. The summed E-state index contributed by atoms with van der Waals surface area (Å²) < 4.78 is 13.4. The van der Waals surface area contributed by atoms with Crippen LogP contribution >= 0.6 is 0 Å². The van der Waals surface area contributed by atoms with Crippen LogP contribution in [0.25, 0.3) is 0 Å². The molecule has 25 heavy (non-hydrogen) atoms. The lowest BCUT2D eigenvalue weighted by molar-refractivity contribution is 0.0168. The van der Waals surface area contributed by atoms with Gasteiger partial charge in [-0.15, -0.1) is 0 Å². The van der Waals surface area contributed by atoms with Gasteiger partial charge >= 0.3 is 6.09 Å². The Kier molecular flexibility index (Phi) is 5.37. The molecular weight excluding hydrogens is 318 g/mol. The number of nitrogens with zero attached hydrogens (tertiary/aromatic N) is 3. The molecule has 140 valence electrons. The number of piperidine rings is 1. The second kappa shape index (κ2) is 7.36. The van der Waals surface area contributed by atoms with E-state index in [1.54, 1.807) is 0 Å². The molecule has 6 heteroatoms. The second-order valence-electron chi connectivity index (χ2n) is 8.24. The highest BCUT2D eigenvalue weighted by Gasteiger charge is 2.31. The molecule has 0 N–H and O–H groups in total. The van der Waals surface area contributed by atoms with Crippen LogP contribution in [0.2, 0.25) is 0 Å². The van der Waals surface area contributed by atoms with Gasteiger partial charge in [-0.1, -0.05) is 0 Å². The van der Waals surface area contributed by atoms with E-state index in [4.69, 9.17) is 14.5 Å². The van der Waals surface area contributed by atoms with Crippen molar-refractivity contribution in [2.24, 2.45) is 0 Å². The summed E-state index contributed by atoms with van der Waals surface area (Å²) in [5.41, 5.74) is 0.722. The molecule has 0 bridgehead atoms. The number of hydrogen-bond donors (Lipinski definition) is 0. The molecule has 0 radical (unpaired) electrons. The minimum Gasteiger partial charge on any atom is -0.444 e. The summed E-state index contributed by atoms with van der Waals surface area (Å²) in [5, 5.41) is 0. The number of hydrogen-bond acceptors (Lipinski definition) is 4. The minimum absolute atomic E-state index is 0.206. The Labute approximate surface area is 150 Å². The van der Waals surface area contributed by atoms with Crippen LogP contribution in [-0.4, -0.2) is 52.4 Å². The third-order valence-corrected chi connectivity index (χ3v) is 5.01. The molecule has 2 fully saturated rings. The predicted octanol–water partition coefficient (Wildman–Crippen LogP) is 3.66. The van der Waals surface area contributed by atoms with Gasteiger partial charge in [-0.2, -0.15) is 0 Å². The summed E-state index contributed by atoms with van der Waals surface area (Å²) >= 11 is 0. The van der Waals surface area contributed by atoms with E-state index in [1.807, 2.05) is 31.9 Å². The summed E-state index contributed by atoms with van der Waals surface area (Å²) in [6, 6.07) is 0.279. The topological polar surface area (TPSA) is 56.6 Å². The Morgan fingerprint density at radius 3 is 2.68 bits per heavy atom. The quantitative estimate of drug-likeness (QED) is 0.818. The first-order chi connectivity index (χ1) is 11.8. The monoisotopic (exact) mass is 349 g/mol. The number of imidazole rings is 1. The fraction of sp³-hybridized carbons (Fsp3) is 0.789. The number of aryl methyl sites for hydroxylation is 1. The molecule has 1 aromatic rings. The largest absolute Gasteiger partial charge is 0.444 e. The SMILES string of the molecule is Cc1cnc(C2CCOCC2)n1C1CCCN(C(=O)OC(C)(C)C)C1. The first-order valence-electron chi connectivity index (χ1n) is 9.44. The number of ether oxygens (including phenoxy) is 2. The zero-order valence-electron chi connectivity index (χ0n) is 16.0. The molecule has 1 aromatic heterocycles. The van der Waals surface area contributed by atoms with E-state index >= 15 is 0 Å². The van der Waals surface area contributed by atoms with Crippen molar-refractivity contribution in [1.82, 2.24) is 14.5 Å². The molecule has 6 nitrogen and oxygen atoms in total. The maximum atomic E-state index is 12.5. The van der Waals surface area contributed by atoms with Crippen LogP contribution in [0.3, 0.4) is 0 Å². The second-order valence-corrected chi connectivity index (χ2v) is 8.24. The number of carbonyl (C=O) groups is 1. The van der Waals surface area contributed by atoms with Gasteiger partial charge in [-0.3, -0.25) is 0 Å². The highest BCUT2D eigenvalue weighted by atomic mass is 16.6. The lowest BCUT2D eigenvalue weighted by Gasteiger charge is -2.36. The van der Waals surface area contributed by atoms with Gasteiger partial charge < -0.3 is 18.9 Å². The number of rotatable bonds is 2. The van der Waals surface area contributed by atoms with Gasteiger partial charge in [-0.05, 0) is 53.4 Å². The first kappa shape index (κ1) is 18.2. The van der Waals surface area contributed by atoms with Crippen LogP contribution in [-0.2, 0) is 9.47 Å². The Hall–Kier alpha value is -1.56. The number of carbonyl (C=O) groups excluding carboxylic acids is 1. The molecule has 2 saturated heterocycles. The van der Waals surface area contributed by atoms with E-state index in [0.717, 1.165) is 51.3 Å². The van der Waals surface area contributed by atoms with E-state index in [0.29, 0.717) is 12.5 Å². The van der Waals surface area contributed by atoms with Gasteiger partial charge in [0.05, 0.1) is 6.04 Å². The molecule has 0 spiro atoms. The van der Waals surface area contributed by atoms with Gasteiger partial charge in [0.2, 0.25) is 0 Å². The summed E-state index contributed by atoms with van der Waals surface area (Å²) in [6.45, 7) is 10.9. The summed E-state index contributed by atoms with van der Waals surface area (Å²) in [5.74, 6) is 1.62. The van der Waals surface area contributed by atoms with Crippen LogP contribution < -0.4 is 0 Å². The molecule has 0 saturated carbocycles. The van der Waals surface area contributed by atoms with Crippen molar-refractivity contribution in [1.29, 1.82) is 0 Å². The van der Waals surface area contributed by atoms with Crippen molar-refractivity contribution in [3.8, 4) is 0 Å². The van der Waals surface area contributed by atoms with Crippen LogP contribution in [0, 0.1) is 6.92 Å². The summed E-state index contributed by atoms with van der Waals surface area (Å²) in [7, 11) is 0. The third kappa shape index (κ3) is 4.35. The normalized spacial score (nSPS) is 22.9. The number of likely N-dealkylation sites (tertiary alicyclic amines) is 1. The lowest BCUT2D eigenvalue weighted by atomic mass is 9.98. The fourth-order valence-electron chi connectivity index (χ4n) is 3.86. The number of aromatic nitrogens is 2. The van der Waals surface area contributed by atoms with Gasteiger partial charge in [0, 0.05) is 44.1 Å².